The summed E-state index contributed by atoms with van der Waals surface area (Å²) in [5.74, 6) is 3.01. The number of nitrogen functional groups attached to an aromatic ring is 1. The number of imidazole rings is 1. The first-order chi connectivity index (χ1) is 12.2. The number of nitrogens with two attached hydrogens (primary N) is 1. The third-order valence-corrected chi connectivity index (χ3v) is 5.71. The van der Waals surface area contributed by atoms with Crippen LogP contribution in [0.25, 0.3) is 11.2 Å². The van der Waals surface area contributed by atoms with E-state index in [4.69, 9.17) is 5.73 Å². The van der Waals surface area contributed by atoms with E-state index in [0.29, 0.717) is 11.5 Å². The minimum absolute atomic E-state index is 0.485. The van der Waals surface area contributed by atoms with Gasteiger partial charge in [0.2, 0.25) is 5.95 Å². The fraction of sp³-hybridized carbons (Fsp3) is 0.722. The van der Waals surface area contributed by atoms with E-state index in [9.17, 15) is 0 Å². The molecule has 7 nitrogen and oxygen atoms in total. The van der Waals surface area contributed by atoms with Crippen molar-refractivity contribution < 1.29 is 0 Å². The predicted octanol–water partition coefficient (Wildman–Crippen LogP) is 2.27. The molecule has 4 rings (SSSR count). The standard InChI is InChI=1S/C18H29N7/c1-2-24(11-14-3-4-14)8-5-13-6-9-25(10-7-13)18-22-16(19)15-17(23-18)21-12-20-15/h12-14H,2-11H2,1H3,(H3,19,20,21,22,23). The molecule has 0 spiro atoms. The SMILES string of the molecule is CCN(CCC1CCN(c2nc(N)c3[nH]cnc3n2)CC1)CC1CC1. The highest BCUT2D eigenvalue weighted by Gasteiger charge is 2.25. The summed E-state index contributed by atoms with van der Waals surface area (Å²) < 4.78 is 0. The first-order valence-corrected chi connectivity index (χ1v) is 9.66. The lowest BCUT2D eigenvalue weighted by Crippen LogP contribution is -2.36. The first kappa shape index (κ1) is 16.6. The number of aromatic amines is 1. The fourth-order valence-corrected chi connectivity index (χ4v) is 3.82. The molecule has 136 valence electrons. The molecule has 1 saturated heterocycles. The molecule has 0 aromatic carbocycles. The van der Waals surface area contributed by atoms with Gasteiger partial charge in [-0.05, 0) is 57.0 Å². The van der Waals surface area contributed by atoms with Gasteiger partial charge in [-0.1, -0.05) is 6.92 Å². The predicted molar refractivity (Wildman–Crippen MR) is 100 cm³/mol. The molecule has 1 aliphatic heterocycles. The Morgan fingerprint density at radius 2 is 2.00 bits per heavy atom. The molecule has 3 N–H and O–H groups in total. The van der Waals surface area contributed by atoms with Crippen LogP contribution < -0.4 is 10.6 Å². The monoisotopic (exact) mass is 343 g/mol. The van der Waals surface area contributed by atoms with Gasteiger partial charge < -0.3 is 20.5 Å². The van der Waals surface area contributed by atoms with Gasteiger partial charge in [-0.3, -0.25) is 0 Å². The Morgan fingerprint density at radius 3 is 2.72 bits per heavy atom. The average molecular weight is 343 g/mol. The van der Waals surface area contributed by atoms with Crippen LogP contribution in [0.2, 0.25) is 0 Å². The second-order valence-corrected chi connectivity index (χ2v) is 7.57. The summed E-state index contributed by atoms with van der Waals surface area (Å²) in [5.41, 5.74) is 7.41. The number of nitrogens with zero attached hydrogens (tertiary/aromatic N) is 5. The van der Waals surface area contributed by atoms with Gasteiger partial charge >= 0.3 is 0 Å². The van der Waals surface area contributed by atoms with Crippen LogP contribution in [0, 0.1) is 11.8 Å². The number of aromatic nitrogens is 4. The van der Waals surface area contributed by atoms with Crippen molar-refractivity contribution in [1.82, 2.24) is 24.8 Å². The molecule has 0 atom stereocenters. The van der Waals surface area contributed by atoms with Crippen molar-refractivity contribution in [3.05, 3.63) is 6.33 Å². The molecule has 2 fully saturated rings. The van der Waals surface area contributed by atoms with E-state index < -0.39 is 0 Å². The zero-order valence-corrected chi connectivity index (χ0v) is 15.1. The van der Waals surface area contributed by atoms with Gasteiger partial charge in [0, 0.05) is 19.6 Å². The highest BCUT2D eigenvalue weighted by molar-refractivity contribution is 5.82. The third-order valence-electron chi connectivity index (χ3n) is 5.71. The smallest absolute Gasteiger partial charge is 0.229 e. The Morgan fingerprint density at radius 1 is 1.20 bits per heavy atom. The molecule has 0 amide bonds. The molecule has 3 heterocycles. The second kappa shape index (κ2) is 7.15. The van der Waals surface area contributed by atoms with Crippen molar-refractivity contribution in [1.29, 1.82) is 0 Å². The minimum atomic E-state index is 0.485. The molecule has 2 aliphatic rings. The summed E-state index contributed by atoms with van der Waals surface area (Å²) in [6, 6.07) is 0. The maximum atomic E-state index is 6.02. The van der Waals surface area contributed by atoms with Crippen LogP contribution in [0.5, 0.6) is 0 Å². The van der Waals surface area contributed by atoms with Crippen molar-refractivity contribution in [3.63, 3.8) is 0 Å². The van der Waals surface area contributed by atoms with Crippen molar-refractivity contribution in [2.24, 2.45) is 11.8 Å². The quantitative estimate of drug-likeness (QED) is 0.802. The Labute approximate surface area is 149 Å². The molecule has 1 aliphatic carbocycles. The summed E-state index contributed by atoms with van der Waals surface area (Å²) in [5, 5.41) is 0. The van der Waals surface area contributed by atoms with Gasteiger partial charge in [0.25, 0.3) is 0 Å². The maximum Gasteiger partial charge on any atom is 0.229 e. The number of H-pyrrole nitrogens is 1. The zero-order valence-electron chi connectivity index (χ0n) is 15.1. The average Bonchev–Trinajstić information content (AvgIpc) is 3.32. The van der Waals surface area contributed by atoms with E-state index in [1.807, 2.05) is 0 Å². The van der Waals surface area contributed by atoms with Crippen LogP contribution >= 0.6 is 0 Å². The van der Waals surface area contributed by atoms with Gasteiger partial charge in [-0.2, -0.15) is 9.97 Å². The van der Waals surface area contributed by atoms with Gasteiger partial charge in [0.05, 0.1) is 6.33 Å². The van der Waals surface area contributed by atoms with Gasteiger partial charge in [-0.25, -0.2) is 4.98 Å². The number of piperidine rings is 1. The summed E-state index contributed by atoms with van der Waals surface area (Å²) in [7, 11) is 0. The lowest BCUT2D eigenvalue weighted by Gasteiger charge is -2.33. The van der Waals surface area contributed by atoms with E-state index >= 15 is 0 Å². The number of nitrogens with one attached hydrogen (secondary N) is 1. The van der Waals surface area contributed by atoms with Crippen LogP contribution in [0.4, 0.5) is 11.8 Å². The Balaban J connectivity index is 1.29. The third kappa shape index (κ3) is 3.86. The van der Waals surface area contributed by atoms with Crippen molar-refractivity contribution in [2.75, 3.05) is 43.4 Å². The molecule has 7 heteroatoms. The van der Waals surface area contributed by atoms with Gasteiger partial charge in [0.15, 0.2) is 11.5 Å². The lowest BCUT2D eigenvalue weighted by molar-refractivity contribution is 0.241. The summed E-state index contributed by atoms with van der Waals surface area (Å²) >= 11 is 0. The molecule has 1 saturated carbocycles. The molecule has 2 aromatic heterocycles. The zero-order chi connectivity index (χ0) is 17.2. The molecular weight excluding hydrogens is 314 g/mol. The Hall–Kier alpha value is -1.89. The van der Waals surface area contributed by atoms with Crippen LogP contribution in [0.15, 0.2) is 6.33 Å². The topological polar surface area (TPSA) is 87.0 Å². The number of fused-ring (bicyclic) bond motifs is 1. The van der Waals surface area contributed by atoms with Crippen LogP contribution in [0.3, 0.4) is 0 Å². The number of hydrogen-bond donors (Lipinski definition) is 2. The van der Waals surface area contributed by atoms with E-state index in [1.165, 1.54) is 51.7 Å². The van der Waals surface area contributed by atoms with Crippen LogP contribution in [0.1, 0.15) is 39.0 Å². The molecule has 2 aromatic rings. The van der Waals surface area contributed by atoms with Crippen molar-refractivity contribution >= 4 is 22.9 Å². The fourth-order valence-electron chi connectivity index (χ4n) is 3.82. The van der Waals surface area contributed by atoms with Gasteiger partial charge in [0.1, 0.15) is 5.52 Å². The Bertz CT molecular complexity index is 701. The summed E-state index contributed by atoms with van der Waals surface area (Å²) in [6.07, 6.45) is 8.24. The highest BCUT2D eigenvalue weighted by atomic mass is 15.3. The van der Waals surface area contributed by atoms with E-state index in [0.717, 1.165) is 36.4 Å². The Kier molecular flexibility index (Phi) is 4.74. The molecule has 0 radical (unpaired) electrons. The minimum Gasteiger partial charge on any atom is -0.382 e. The number of rotatable bonds is 7. The van der Waals surface area contributed by atoms with E-state index in [2.05, 4.69) is 36.7 Å². The van der Waals surface area contributed by atoms with E-state index in [1.54, 1.807) is 6.33 Å². The number of anilines is 2. The van der Waals surface area contributed by atoms with Crippen molar-refractivity contribution in [2.45, 2.75) is 39.0 Å². The van der Waals surface area contributed by atoms with Crippen LogP contribution in [-0.2, 0) is 0 Å². The molecule has 0 bridgehead atoms. The number of hydrogen-bond acceptors (Lipinski definition) is 6. The highest BCUT2D eigenvalue weighted by Crippen LogP contribution is 2.30. The van der Waals surface area contributed by atoms with Crippen molar-refractivity contribution in [3.8, 4) is 0 Å². The second-order valence-electron chi connectivity index (χ2n) is 7.57. The summed E-state index contributed by atoms with van der Waals surface area (Å²) in [6.45, 7) is 8.06. The normalized spacial score (nSPS) is 19.2. The molecule has 25 heavy (non-hydrogen) atoms. The molecular formula is C18H29N7. The largest absolute Gasteiger partial charge is 0.382 e. The van der Waals surface area contributed by atoms with E-state index in [-0.39, 0.29) is 0 Å². The molecule has 0 unspecified atom stereocenters. The van der Waals surface area contributed by atoms with Crippen LogP contribution in [-0.4, -0.2) is 57.6 Å². The lowest BCUT2D eigenvalue weighted by atomic mass is 9.93. The first-order valence-electron chi connectivity index (χ1n) is 9.66. The summed E-state index contributed by atoms with van der Waals surface area (Å²) in [4.78, 5) is 21.1. The maximum absolute atomic E-state index is 6.02. The van der Waals surface area contributed by atoms with Gasteiger partial charge in [-0.15, -0.1) is 0 Å².